The zero-order chi connectivity index (χ0) is 10.7. The maximum Gasteiger partial charge on any atom is 0.275 e. The van der Waals surface area contributed by atoms with Crippen LogP contribution in [-0.2, 0) is 19.1 Å². The predicted octanol–water partition coefficient (Wildman–Crippen LogP) is 0.391. The normalized spacial score (nSPS) is 32.1. The van der Waals surface area contributed by atoms with Crippen LogP contribution < -0.4 is 5.48 Å². The minimum absolute atomic E-state index is 0.189. The molecule has 2 fully saturated rings. The van der Waals surface area contributed by atoms with Gasteiger partial charge in [0.15, 0.2) is 6.10 Å². The topological polar surface area (TPSA) is 56.8 Å². The van der Waals surface area contributed by atoms with Gasteiger partial charge in [-0.3, -0.25) is 9.63 Å². The summed E-state index contributed by atoms with van der Waals surface area (Å²) < 4.78 is 10.6. The predicted molar refractivity (Wildman–Crippen MR) is 52.0 cm³/mol. The van der Waals surface area contributed by atoms with E-state index in [1.54, 1.807) is 0 Å². The number of amides is 1. The summed E-state index contributed by atoms with van der Waals surface area (Å²) in [5, 5.41) is 0. The Morgan fingerprint density at radius 1 is 1.33 bits per heavy atom. The summed E-state index contributed by atoms with van der Waals surface area (Å²) in [6, 6.07) is 0. The fraction of sp³-hybridized carbons (Fsp3) is 0.900. The van der Waals surface area contributed by atoms with Crippen molar-refractivity contribution in [3.63, 3.8) is 0 Å². The zero-order valence-electron chi connectivity index (χ0n) is 8.90. The number of ether oxygens (including phenoxy) is 2. The second-order valence-electron chi connectivity index (χ2n) is 4.00. The number of hydrogen-bond donors (Lipinski definition) is 1. The number of carbonyl (C=O) groups is 1. The summed E-state index contributed by atoms with van der Waals surface area (Å²) in [4.78, 5) is 16.8. The van der Waals surface area contributed by atoms with Gasteiger partial charge in [0.05, 0.1) is 25.4 Å². The summed E-state index contributed by atoms with van der Waals surface area (Å²) in [6.07, 6.45) is 2.67. The van der Waals surface area contributed by atoms with Crippen LogP contribution in [0.4, 0.5) is 0 Å². The van der Waals surface area contributed by atoms with E-state index in [9.17, 15) is 4.79 Å². The first-order chi connectivity index (χ1) is 7.27. The molecule has 5 nitrogen and oxygen atoms in total. The third-order valence-corrected chi connectivity index (χ3v) is 2.82. The Labute approximate surface area is 89.0 Å². The van der Waals surface area contributed by atoms with Crippen molar-refractivity contribution >= 4 is 5.91 Å². The SMILES string of the molecule is C[C@@H]1OCCO[C@@H]1C(=O)NOC1CCC1. The van der Waals surface area contributed by atoms with Gasteiger partial charge in [-0.2, -0.15) is 0 Å². The Balaban J connectivity index is 1.73. The lowest BCUT2D eigenvalue weighted by Gasteiger charge is -2.30. The highest BCUT2D eigenvalue weighted by Crippen LogP contribution is 2.20. The maximum atomic E-state index is 11.6. The summed E-state index contributed by atoms with van der Waals surface area (Å²) >= 11 is 0. The summed E-state index contributed by atoms with van der Waals surface area (Å²) in [5.41, 5.74) is 2.44. The first-order valence-electron chi connectivity index (χ1n) is 5.46. The van der Waals surface area contributed by atoms with E-state index < -0.39 is 6.10 Å². The van der Waals surface area contributed by atoms with Crippen molar-refractivity contribution in [3.8, 4) is 0 Å². The molecule has 1 saturated heterocycles. The van der Waals surface area contributed by atoms with Gasteiger partial charge < -0.3 is 9.47 Å². The van der Waals surface area contributed by atoms with Crippen LogP contribution in [0.3, 0.4) is 0 Å². The summed E-state index contributed by atoms with van der Waals surface area (Å²) in [5.74, 6) is -0.242. The van der Waals surface area contributed by atoms with Gasteiger partial charge in [0, 0.05) is 0 Å². The van der Waals surface area contributed by atoms with Crippen LogP contribution in [0.1, 0.15) is 26.2 Å². The quantitative estimate of drug-likeness (QED) is 0.692. The van der Waals surface area contributed by atoms with Crippen LogP contribution in [0.15, 0.2) is 0 Å². The van der Waals surface area contributed by atoms with Crippen molar-refractivity contribution in [3.05, 3.63) is 0 Å². The Morgan fingerprint density at radius 2 is 2.07 bits per heavy atom. The molecule has 1 aliphatic carbocycles. The van der Waals surface area contributed by atoms with Crippen molar-refractivity contribution < 1.29 is 19.1 Å². The lowest BCUT2D eigenvalue weighted by atomic mass is 9.97. The van der Waals surface area contributed by atoms with E-state index in [0.717, 1.165) is 12.8 Å². The van der Waals surface area contributed by atoms with Crippen LogP contribution in [0.5, 0.6) is 0 Å². The molecule has 5 heteroatoms. The Morgan fingerprint density at radius 3 is 2.67 bits per heavy atom. The molecule has 2 atom stereocenters. The van der Waals surface area contributed by atoms with E-state index in [1.165, 1.54) is 6.42 Å². The van der Waals surface area contributed by atoms with E-state index in [-0.39, 0.29) is 18.1 Å². The second-order valence-corrected chi connectivity index (χ2v) is 4.00. The maximum absolute atomic E-state index is 11.6. The molecule has 1 amide bonds. The van der Waals surface area contributed by atoms with Gasteiger partial charge >= 0.3 is 0 Å². The smallest absolute Gasteiger partial charge is 0.275 e. The number of hydrogen-bond acceptors (Lipinski definition) is 4. The van der Waals surface area contributed by atoms with Crippen LogP contribution in [0.2, 0.25) is 0 Å². The molecule has 1 saturated carbocycles. The van der Waals surface area contributed by atoms with E-state index >= 15 is 0 Å². The molecule has 0 bridgehead atoms. The zero-order valence-corrected chi connectivity index (χ0v) is 8.90. The molecule has 2 aliphatic rings. The van der Waals surface area contributed by atoms with E-state index in [2.05, 4.69) is 5.48 Å². The van der Waals surface area contributed by atoms with Gasteiger partial charge in [0.2, 0.25) is 0 Å². The first-order valence-corrected chi connectivity index (χ1v) is 5.46. The van der Waals surface area contributed by atoms with Crippen molar-refractivity contribution in [2.24, 2.45) is 0 Å². The molecular formula is C10H17NO4. The number of nitrogens with one attached hydrogen (secondary N) is 1. The van der Waals surface area contributed by atoms with Gasteiger partial charge in [0.1, 0.15) is 0 Å². The third kappa shape index (κ3) is 2.68. The first kappa shape index (κ1) is 10.9. The molecule has 0 aromatic rings. The highest BCUT2D eigenvalue weighted by Gasteiger charge is 2.31. The molecule has 1 heterocycles. The second kappa shape index (κ2) is 4.92. The highest BCUT2D eigenvalue weighted by molar-refractivity contribution is 5.80. The highest BCUT2D eigenvalue weighted by atomic mass is 16.7. The van der Waals surface area contributed by atoms with Gasteiger partial charge in [-0.05, 0) is 26.2 Å². The van der Waals surface area contributed by atoms with Gasteiger partial charge in [0.25, 0.3) is 5.91 Å². The largest absolute Gasteiger partial charge is 0.373 e. The average molecular weight is 215 g/mol. The molecule has 0 radical (unpaired) electrons. The van der Waals surface area contributed by atoms with E-state index in [0.29, 0.717) is 13.2 Å². The minimum atomic E-state index is -0.543. The Hall–Kier alpha value is -0.650. The monoisotopic (exact) mass is 215 g/mol. The lowest BCUT2D eigenvalue weighted by molar-refractivity contribution is -0.178. The molecule has 0 unspecified atom stereocenters. The van der Waals surface area contributed by atoms with Crippen molar-refractivity contribution in [1.29, 1.82) is 0 Å². The van der Waals surface area contributed by atoms with E-state index in [1.807, 2.05) is 6.92 Å². The number of rotatable bonds is 3. The van der Waals surface area contributed by atoms with Gasteiger partial charge in [-0.1, -0.05) is 0 Å². The molecule has 86 valence electrons. The molecule has 1 N–H and O–H groups in total. The van der Waals surface area contributed by atoms with Crippen LogP contribution in [-0.4, -0.2) is 37.4 Å². The lowest BCUT2D eigenvalue weighted by Crippen LogP contribution is -2.48. The van der Waals surface area contributed by atoms with E-state index in [4.69, 9.17) is 14.3 Å². The molecule has 15 heavy (non-hydrogen) atoms. The number of carbonyl (C=O) groups excluding carboxylic acids is 1. The Kier molecular flexibility index (Phi) is 3.56. The molecule has 2 rings (SSSR count). The number of hydroxylamine groups is 1. The molecule has 0 aromatic heterocycles. The van der Waals surface area contributed by atoms with Gasteiger partial charge in [-0.15, -0.1) is 0 Å². The standard InChI is InChI=1S/C10H17NO4/c1-7-9(14-6-5-13-7)10(12)11-15-8-3-2-4-8/h7-9H,2-6H2,1H3,(H,11,12)/t7-,9-/m0/s1. The van der Waals surface area contributed by atoms with Crippen molar-refractivity contribution in [2.45, 2.75) is 44.5 Å². The third-order valence-electron chi connectivity index (χ3n) is 2.82. The summed E-state index contributed by atoms with van der Waals surface area (Å²) in [6.45, 7) is 2.84. The molecule has 0 spiro atoms. The molecule has 0 aromatic carbocycles. The Bertz CT molecular complexity index is 229. The molecular weight excluding hydrogens is 198 g/mol. The fourth-order valence-electron chi connectivity index (χ4n) is 1.61. The van der Waals surface area contributed by atoms with Crippen LogP contribution >= 0.6 is 0 Å². The average Bonchev–Trinajstić information content (AvgIpc) is 2.16. The van der Waals surface area contributed by atoms with Gasteiger partial charge in [-0.25, -0.2) is 5.48 Å². The van der Waals surface area contributed by atoms with Crippen LogP contribution in [0, 0.1) is 0 Å². The summed E-state index contributed by atoms with van der Waals surface area (Å²) in [7, 11) is 0. The van der Waals surface area contributed by atoms with Crippen molar-refractivity contribution in [1.82, 2.24) is 5.48 Å². The van der Waals surface area contributed by atoms with Crippen molar-refractivity contribution in [2.75, 3.05) is 13.2 Å². The molecule has 1 aliphatic heterocycles. The van der Waals surface area contributed by atoms with Crippen LogP contribution in [0.25, 0.3) is 0 Å². The fourth-order valence-corrected chi connectivity index (χ4v) is 1.61. The minimum Gasteiger partial charge on any atom is -0.373 e.